The van der Waals surface area contributed by atoms with E-state index in [-0.39, 0.29) is 0 Å². The Bertz CT molecular complexity index is 325. The molecule has 0 fully saturated rings. The Kier molecular flexibility index (Phi) is 3.52. The van der Waals surface area contributed by atoms with Crippen LogP contribution in [0, 0.1) is 11.3 Å². The minimum absolute atomic E-state index is 0.495. The summed E-state index contributed by atoms with van der Waals surface area (Å²) in [5.74, 6) is 0. The predicted molar refractivity (Wildman–Crippen MR) is 49.5 cm³/mol. The number of rotatable bonds is 3. The molecule has 0 unspecified atom stereocenters. The van der Waals surface area contributed by atoms with Crippen molar-refractivity contribution in [1.82, 2.24) is 4.98 Å². The van der Waals surface area contributed by atoms with Crippen molar-refractivity contribution < 1.29 is 4.74 Å². The lowest BCUT2D eigenvalue weighted by Crippen LogP contribution is -1.85. The van der Waals surface area contributed by atoms with Crippen LogP contribution in [0.4, 0.5) is 0 Å². The van der Waals surface area contributed by atoms with E-state index in [0.717, 1.165) is 5.56 Å². The quantitative estimate of drug-likeness (QED) is 0.520. The Hall–Kier alpha value is -1.82. The SMILES string of the molecule is CCOC=C(C#N)c1cccnc1. The van der Waals surface area contributed by atoms with Crippen LogP contribution in [0.25, 0.3) is 5.57 Å². The molecule has 0 saturated carbocycles. The van der Waals surface area contributed by atoms with E-state index in [1.165, 1.54) is 6.26 Å². The summed E-state index contributed by atoms with van der Waals surface area (Å²) in [4.78, 5) is 3.91. The third-order valence-corrected chi connectivity index (χ3v) is 1.46. The maximum Gasteiger partial charge on any atom is 0.103 e. The zero-order valence-corrected chi connectivity index (χ0v) is 7.40. The average Bonchev–Trinajstić information content (AvgIpc) is 2.21. The molecule has 0 aliphatic heterocycles. The fraction of sp³-hybridized carbons (Fsp3) is 0.200. The highest BCUT2D eigenvalue weighted by molar-refractivity contribution is 5.75. The van der Waals surface area contributed by atoms with Crippen LogP contribution in [0.2, 0.25) is 0 Å². The molecule has 0 saturated heterocycles. The van der Waals surface area contributed by atoms with Crippen LogP contribution >= 0.6 is 0 Å². The molecular formula is C10H10N2O. The summed E-state index contributed by atoms with van der Waals surface area (Å²) in [6.07, 6.45) is 4.75. The number of hydrogen-bond acceptors (Lipinski definition) is 3. The summed E-state index contributed by atoms with van der Waals surface area (Å²) in [6.45, 7) is 2.43. The van der Waals surface area contributed by atoms with Crippen LogP contribution in [0.1, 0.15) is 12.5 Å². The minimum atomic E-state index is 0.495. The van der Waals surface area contributed by atoms with Crippen LogP contribution in [-0.4, -0.2) is 11.6 Å². The normalized spacial score (nSPS) is 10.6. The van der Waals surface area contributed by atoms with Gasteiger partial charge in [0.15, 0.2) is 0 Å². The van der Waals surface area contributed by atoms with Crippen LogP contribution in [-0.2, 0) is 4.74 Å². The maximum atomic E-state index is 8.78. The van der Waals surface area contributed by atoms with E-state index in [4.69, 9.17) is 10.00 Å². The van der Waals surface area contributed by atoms with E-state index in [1.807, 2.05) is 19.1 Å². The smallest absolute Gasteiger partial charge is 0.103 e. The minimum Gasteiger partial charge on any atom is -0.500 e. The van der Waals surface area contributed by atoms with Gasteiger partial charge in [0.05, 0.1) is 12.2 Å². The lowest BCUT2D eigenvalue weighted by molar-refractivity contribution is 0.271. The van der Waals surface area contributed by atoms with Crippen LogP contribution in [0.15, 0.2) is 30.8 Å². The van der Waals surface area contributed by atoms with Crippen LogP contribution in [0.5, 0.6) is 0 Å². The molecule has 0 atom stereocenters. The van der Waals surface area contributed by atoms with Crippen molar-refractivity contribution in [2.45, 2.75) is 6.92 Å². The lowest BCUT2D eigenvalue weighted by Gasteiger charge is -1.98. The first-order valence-electron chi connectivity index (χ1n) is 4.00. The van der Waals surface area contributed by atoms with Gasteiger partial charge in [-0.2, -0.15) is 5.26 Å². The molecular weight excluding hydrogens is 164 g/mol. The van der Waals surface area contributed by atoms with Gasteiger partial charge < -0.3 is 4.74 Å². The first-order valence-corrected chi connectivity index (χ1v) is 4.00. The second kappa shape index (κ2) is 4.94. The van der Waals surface area contributed by atoms with E-state index < -0.39 is 0 Å². The van der Waals surface area contributed by atoms with Gasteiger partial charge in [0.1, 0.15) is 12.3 Å². The molecule has 1 heterocycles. The van der Waals surface area contributed by atoms with E-state index in [2.05, 4.69) is 4.98 Å². The largest absolute Gasteiger partial charge is 0.500 e. The molecule has 0 N–H and O–H groups in total. The number of allylic oxidation sites excluding steroid dienone is 1. The highest BCUT2D eigenvalue weighted by Crippen LogP contribution is 2.10. The molecule has 1 aromatic heterocycles. The predicted octanol–water partition coefficient (Wildman–Crippen LogP) is 1.98. The Balaban J connectivity index is 2.87. The van der Waals surface area contributed by atoms with Crippen molar-refractivity contribution in [3.8, 4) is 6.07 Å². The first-order chi connectivity index (χ1) is 6.38. The Labute approximate surface area is 77.3 Å². The van der Waals surface area contributed by atoms with E-state index in [1.54, 1.807) is 18.5 Å². The number of pyridine rings is 1. The van der Waals surface area contributed by atoms with Gasteiger partial charge in [-0.25, -0.2) is 0 Å². The van der Waals surface area contributed by atoms with Gasteiger partial charge in [0, 0.05) is 18.0 Å². The van der Waals surface area contributed by atoms with Crippen LogP contribution < -0.4 is 0 Å². The zero-order valence-electron chi connectivity index (χ0n) is 7.40. The Morgan fingerprint density at radius 2 is 2.62 bits per heavy atom. The van der Waals surface area contributed by atoms with Crippen molar-refractivity contribution >= 4 is 5.57 Å². The van der Waals surface area contributed by atoms with Crippen LogP contribution in [0.3, 0.4) is 0 Å². The number of hydrogen-bond donors (Lipinski definition) is 0. The number of nitrogens with zero attached hydrogens (tertiary/aromatic N) is 2. The van der Waals surface area contributed by atoms with Gasteiger partial charge in [-0.1, -0.05) is 6.07 Å². The summed E-state index contributed by atoms with van der Waals surface area (Å²) in [6, 6.07) is 5.65. The van der Waals surface area contributed by atoms with Crippen molar-refractivity contribution in [1.29, 1.82) is 5.26 Å². The van der Waals surface area contributed by atoms with Crippen molar-refractivity contribution in [2.75, 3.05) is 6.61 Å². The topological polar surface area (TPSA) is 45.9 Å². The molecule has 1 aromatic rings. The molecule has 0 bridgehead atoms. The molecule has 0 aliphatic rings. The fourth-order valence-corrected chi connectivity index (χ4v) is 0.848. The van der Waals surface area contributed by atoms with Gasteiger partial charge in [0.25, 0.3) is 0 Å². The summed E-state index contributed by atoms with van der Waals surface area (Å²) >= 11 is 0. The third kappa shape index (κ3) is 2.60. The van der Waals surface area contributed by atoms with Gasteiger partial charge >= 0.3 is 0 Å². The monoisotopic (exact) mass is 174 g/mol. The lowest BCUT2D eigenvalue weighted by atomic mass is 10.1. The average molecular weight is 174 g/mol. The zero-order chi connectivity index (χ0) is 9.52. The molecule has 0 aliphatic carbocycles. The van der Waals surface area contributed by atoms with Crippen molar-refractivity contribution in [3.05, 3.63) is 36.4 Å². The van der Waals surface area contributed by atoms with Crippen molar-refractivity contribution in [3.63, 3.8) is 0 Å². The number of aromatic nitrogens is 1. The number of nitriles is 1. The second-order valence-electron chi connectivity index (χ2n) is 2.34. The van der Waals surface area contributed by atoms with Gasteiger partial charge in [-0.3, -0.25) is 4.98 Å². The third-order valence-electron chi connectivity index (χ3n) is 1.46. The highest BCUT2D eigenvalue weighted by atomic mass is 16.5. The molecule has 0 amide bonds. The summed E-state index contributed by atoms with van der Waals surface area (Å²) in [7, 11) is 0. The standard InChI is InChI=1S/C10H10N2O/c1-2-13-8-10(6-11)9-4-3-5-12-7-9/h3-5,7-8H,2H2,1H3. The molecule has 13 heavy (non-hydrogen) atoms. The summed E-state index contributed by atoms with van der Waals surface area (Å²) in [5, 5.41) is 8.78. The second-order valence-corrected chi connectivity index (χ2v) is 2.34. The summed E-state index contributed by atoms with van der Waals surface area (Å²) in [5.41, 5.74) is 1.27. The van der Waals surface area contributed by atoms with Gasteiger partial charge in [-0.05, 0) is 13.0 Å². The van der Waals surface area contributed by atoms with E-state index in [9.17, 15) is 0 Å². The summed E-state index contributed by atoms with van der Waals surface area (Å²) < 4.78 is 5.03. The maximum absolute atomic E-state index is 8.78. The fourth-order valence-electron chi connectivity index (χ4n) is 0.848. The van der Waals surface area contributed by atoms with E-state index in [0.29, 0.717) is 12.2 Å². The first kappa shape index (κ1) is 9.27. The van der Waals surface area contributed by atoms with E-state index >= 15 is 0 Å². The molecule has 3 nitrogen and oxygen atoms in total. The molecule has 66 valence electrons. The highest BCUT2D eigenvalue weighted by Gasteiger charge is 1.98. The van der Waals surface area contributed by atoms with Gasteiger partial charge in [-0.15, -0.1) is 0 Å². The molecule has 0 spiro atoms. The Morgan fingerprint density at radius 1 is 1.77 bits per heavy atom. The molecule has 3 heteroatoms. The van der Waals surface area contributed by atoms with Gasteiger partial charge in [0.2, 0.25) is 0 Å². The molecule has 0 aromatic carbocycles. The molecule has 0 radical (unpaired) electrons. The Morgan fingerprint density at radius 3 is 3.15 bits per heavy atom. The van der Waals surface area contributed by atoms with Crippen molar-refractivity contribution in [2.24, 2.45) is 0 Å². The molecule has 1 rings (SSSR count). The number of ether oxygens (including phenoxy) is 1.